The highest BCUT2D eigenvalue weighted by molar-refractivity contribution is 6.32. The van der Waals surface area contributed by atoms with Crippen molar-refractivity contribution in [1.29, 1.82) is 0 Å². The number of aryl methyl sites for hydroxylation is 1. The van der Waals surface area contributed by atoms with Crippen LogP contribution < -0.4 is 15.8 Å². The van der Waals surface area contributed by atoms with Gasteiger partial charge in [0.15, 0.2) is 5.75 Å². The molecule has 3 N–H and O–H groups in total. The fraction of sp³-hybridized carbons (Fsp3) is 0.364. The Kier molecular flexibility index (Phi) is 7.73. The second kappa shape index (κ2) is 9.87. The maximum absolute atomic E-state index is 13.6. The van der Waals surface area contributed by atoms with E-state index in [9.17, 15) is 14.0 Å². The molecule has 2 rings (SSSR count). The number of esters is 1. The van der Waals surface area contributed by atoms with Crippen LogP contribution in [-0.4, -0.2) is 30.8 Å². The quantitative estimate of drug-likeness (QED) is 0.483. The first-order chi connectivity index (χ1) is 14.4. The molecule has 1 atom stereocenters. The van der Waals surface area contributed by atoms with Gasteiger partial charge in [-0.1, -0.05) is 23.7 Å². The molecule has 0 radical (unpaired) electrons. The highest BCUT2D eigenvalue weighted by Crippen LogP contribution is 2.37. The molecule has 7 nitrogen and oxygen atoms in total. The van der Waals surface area contributed by atoms with Gasteiger partial charge in [-0.25, -0.2) is 14.0 Å². The van der Waals surface area contributed by atoms with Gasteiger partial charge in [0, 0.05) is 12.5 Å². The second-order valence-electron chi connectivity index (χ2n) is 7.89. The summed E-state index contributed by atoms with van der Waals surface area (Å²) >= 11 is 6.09. The number of hydrogen-bond donors (Lipinski definition) is 2. The normalized spacial score (nSPS) is 12.1. The molecule has 2 aromatic carbocycles. The molecule has 0 saturated heterocycles. The van der Waals surface area contributed by atoms with Gasteiger partial charge in [0.25, 0.3) is 0 Å². The number of carbonyl (C=O) groups is 2. The molecule has 0 fully saturated rings. The van der Waals surface area contributed by atoms with Gasteiger partial charge in [0.05, 0.1) is 17.8 Å². The number of hydrogen-bond acceptors (Lipinski definition) is 6. The molecule has 1 amide bonds. The molecule has 0 spiro atoms. The fourth-order valence-electron chi connectivity index (χ4n) is 2.73. The van der Waals surface area contributed by atoms with E-state index in [4.69, 9.17) is 31.5 Å². The number of amides is 1. The number of rotatable bonds is 6. The van der Waals surface area contributed by atoms with Crippen molar-refractivity contribution in [1.82, 2.24) is 5.32 Å². The zero-order chi connectivity index (χ0) is 23.3. The third-order valence-electron chi connectivity index (χ3n) is 4.19. The minimum Gasteiger partial charge on any atom is -0.467 e. The smallest absolute Gasteiger partial charge is 0.408 e. The zero-order valence-electron chi connectivity index (χ0n) is 18.0. The first kappa shape index (κ1) is 24.3. The summed E-state index contributed by atoms with van der Waals surface area (Å²) in [7, 11) is 1.21. The summed E-state index contributed by atoms with van der Waals surface area (Å²) in [6.07, 6.45) is -0.748. The average Bonchev–Trinajstić information content (AvgIpc) is 2.67. The van der Waals surface area contributed by atoms with Gasteiger partial charge in [-0.05, 0) is 51.0 Å². The van der Waals surface area contributed by atoms with Crippen LogP contribution in [0.1, 0.15) is 31.9 Å². The number of alkyl carbamates (subject to hydrolysis) is 1. The molecular formula is C22H26ClFN2O5. The van der Waals surface area contributed by atoms with Crippen LogP contribution in [0.25, 0.3) is 0 Å². The monoisotopic (exact) mass is 452 g/mol. The molecule has 0 bridgehead atoms. The Morgan fingerprint density at radius 3 is 2.52 bits per heavy atom. The first-order valence-electron chi connectivity index (χ1n) is 9.49. The summed E-state index contributed by atoms with van der Waals surface area (Å²) in [5.41, 5.74) is 6.96. The molecular weight excluding hydrogens is 427 g/mol. The van der Waals surface area contributed by atoms with Crippen LogP contribution in [0, 0.1) is 12.7 Å². The number of benzene rings is 2. The third kappa shape index (κ3) is 6.75. The fourth-order valence-corrected chi connectivity index (χ4v) is 2.89. The third-order valence-corrected chi connectivity index (χ3v) is 4.50. The SMILES string of the molecule is COC(=O)[C@@H](Cc1ccc(C)c(Oc2cc(F)ccc2Cl)c1N)NC(=O)OC(C)(C)C. The minimum atomic E-state index is -1.05. The number of methoxy groups -OCH3 is 1. The van der Waals surface area contributed by atoms with Crippen molar-refractivity contribution in [2.24, 2.45) is 0 Å². The number of nitrogens with two attached hydrogens (primary N) is 1. The summed E-state index contributed by atoms with van der Waals surface area (Å²) in [5, 5.41) is 2.71. The lowest BCUT2D eigenvalue weighted by Gasteiger charge is -2.23. The lowest BCUT2D eigenvalue weighted by Crippen LogP contribution is -2.45. The van der Waals surface area contributed by atoms with Crippen molar-refractivity contribution < 1.29 is 28.2 Å². The lowest BCUT2D eigenvalue weighted by molar-refractivity contribution is -0.143. The Morgan fingerprint density at radius 1 is 1.23 bits per heavy atom. The number of anilines is 1. The predicted molar refractivity (Wildman–Crippen MR) is 116 cm³/mol. The van der Waals surface area contributed by atoms with E-state index in [1.807, 2.05) is 0 Å². The van der Waals surface area contributed by atoms with Crippen LogP contribution in [0.4, 0.5) is 14.9 Å². The van der Waals surface area contributed by atoms with Crippen LogP contribution >= 0.6 is 11.6 Å². The highest BCUT2D eigenvalue weighted by atomic mass is 35.5. The Hall–Kier alpha value is -3.00. The molecule has 0 aliphatic heterocycles. The number of nitrogens with one attached hydrogen (secondary N) is 1. The summed E-state index contributed by atoms with van der Waals surface area (Å²) < 4.78 is 29.4. The van der Waals surface area contributed by atoms with Crippen LogP contribution in [0.2, 0.25) is 5.02 Å². The lowest BCUT2D eigenvalue weighted by atomic mass is 10.0. The standard InChI is InChI=1S/C22H26ClFN2O5/c1-12-6-7-13(10-16(20(27)29-5)26-21(28)31-22(2,3)4)18(25)19(12)30-17-11-14(24)8-9-15(17)23/h6-9,11,16H,10,25H2,1-5H3,(H,26,28)/t16-/m1/s1. The average molecular weight is 453 g/mol. The largest absolute Gasteiger partial charge is 0.467 e. The van der Waals surface area contributed by atoms with E-state index < -0.39 is 29.5 Å². The van der Waals surface area contributed by atoms with Gasteiger partial charge in [-0.15, -0.1) is 0 Å². The second-order valence-corrected chi connectivity index (χ2v) is 8.29. The Bertz CT molecular complexity index is 975. The van der Waals surface area contributed by atoms with Gasteiger partial charge in [-0.2, -0.15) is 0 Å². The van der Waals surface area contributed by atoms with Gasteiger partial charge < -0.3 is 25.3 Å². The molecule has 2 aromatic rings. The van der Waals surface area contributed by atoms with Crippen LogP contribution in [0.5, 0.6) is 11.5 Å². The van der Waals surface area contributed by atoms with Crippen molar-refractivity contribution in [3.8, 4) is 11.5 Å². The van der Waals surface area contributed by atoms with E-state index in [0.717, 1.165) is 6.07 Å². The topological polar surface area (TPSA) is 99.9 Å². The van der Waals surface area contributed by atoms with E-state index in [1.54, 1.807) is 39.8 Å². The molecule has 168 valence electrons. The number of halogens is 2. The van der Waals surface area contributed by atoms with E-state index in [-0.39, 0.29) is 28.6 Å². The van der Waals surface area contributed by atoms with E-state index in [2.05, 4.69) is 5.32 Å². The molecule has 0 aliphatic rings. The van der Waals surface area contributed by atoms with Crippen molar-refractivity contribution in [3.63, 3.8) is 0 Å². The molecule has 0 heterocycles. The van der Waals surface area contributed by atoms with E-state index in [1.165, 1.54) is 19.2 Å². The van der Waals surface area contributed by atoms with Gasteiger partial charge in [0.2, 0.25) is 0 Å². The molecule has 31 heavy (non-hydrogen) atoms. The van der Waals surface area contributed by atoms with Crippen LogP contribution in [-0.2, 0) is 20.7 Å². The van der Waals surface area contributed by atoms with Gasteiger partial charge in [0.1, 0.15) is 23.2 Å². The van der Waals surface area contributed by atoms with Crippen molar-refractivity contribution in [2.45, 2.75) is 45.8 Å². The number of ether oxygens (including phenoxy) is 3. The molecule has 0 saturated carbocycles. The summed E-state index contributed by atoms with van der Waals surface area (Å²) in [4.78, 5) is 24.4. The summed E-state index contributed by atoms with van der Waals surface area (Å²) in [6.45, 7) is 6.88. The van der Waals surface area contributed by atoms with E-state index >= 15 is 0 Å². The molecule has 0 unspecified atom stereocenters. The Morgan fingerprint density at radius 2 is 1.90 bits per heavy atom. The van der Waals surface area contributed by atoms with Gasteiger partial charge in [-0.3, -0.25) is 0 Å². The van der Waals surface area contributed by atoms with Crippen molar-refractivity contribution in [3.05, 3.63) is 52.3 Å². The number of nitrogen functional groups attached to an aromatic ring is 1. The maximum atomic E-state index is 13.6. The molecule has 9 heteroatoms. The Balaban J connectivity index is 2.32. The zero-order valence-corrected chi connectivity index (χ0v) is 18.8. The highest BCUT2D eigenvalue weighted by Gasteiger charge is 2.27. The minimum absolute atomic E-state index is 0.0191. The van der Waals surface area contributed by atoms with Crippen LogP contribution in [0.3, 0.4) is 0 Å². The van der Waals surface area contributed by atoms with Crippen molar-refractivity contribution >= 4 is 29.4 Å². The molecule has 0 aromatic heterocycles. The maximum Gasteiger partial charge on any atom is 0.408 e. The Labute approximate surface area is 185 Å². The number of carbonyl (C=O) groups excluding carboxylic acids is 2. The van der Waals surface area contributed by atoms with Crippen LogP contribution in [0.15, 0.2) is 30.3 Å². The predicted octanol–water partition coefficient (Wildman–Crippen LogP) is 4.77. The summed E-state index contributed by atoms with van der Waals surface area (Å²) in [6, 6.07) is 6.13. The van der Waals surface area contributed by atoms with E-state index in [0.29, 0.717) is 11.1 Å². The van der Waals surface area contributed by atoms with Gasteiger partial charge >= 0.3 is 12.1 Å². The first-order valence-corrected chi connectivity index (χ1v) is 9.87. The van der Waals surface area contributed by atoms with Crippen molar-refractivity contribution in [2.75, 3.05) is 12.8 Å². The molecule has 0 aliphatic carbocycles. The summed E-state index contributed by atoms with van der Waals surface area (Å²) in [5.74, 6) is -0.809.